The highest BCUT2D eigenvalue weighted by atomic mass is 16.5. The third-order valence-corrected chi connectivity index (χ3v) is 0.998. The van der Waals surface area contributed by atoms with Crippen LogP contribution < -0.4 is 0 Å². The lowest BCUT2D eigenvalue weighted by Crippen LogP contribution is -1.97. The molecule has 0 aromatic rings. The molecule has 0 rings (SSSR count). The summed E-state index contributed by atoms with van der Waals surface area (Å²) in [7, 11) is 0. The van der Waals surface area contributed by atoms with Crippen molar-refractivity contribution in [2.24, 2.45) is 0 Å². The minimum atomic E-state index is -0.265. The van der Waals surface area contributed by atoms with E-state index in [1.54, 1.807) is 13.0 Å². The second-order valence-corrected chi connectivity index (χ2v) is 2.06. The molecule has 2 heteroatoms. The number of esters is 1. The number of allylic oxidation sites excluding steroid dienone is 1. The van der Waals surface area contributed by atoms with Gasteiger partial charge in [-0.3, -0.25) is 4.79 Å². The lowest BCUT2D eigenvalue weighted by Gasteiger charge is -1.94. The van der Waals surface area contributed by atoms with Gasteiger partial charge in [-0.15, -0.1) is 5.92 Å². The summed E-state index contributed by atoms with van der Waals surface area (Å²) in [5.74, 6) is 5.32. The van der Waals surface area contributed by atoms with Crippen molar-refractivity contribution in [2.45, 2.75) is 20.8 Å². The Morgan fingerprint density at radius 1 is 1.55 bits per heavy atom. The van der Waals surface area contributed by atoms with Gasteiger partial charge in [-0.1, -0.05) is 5.92 Å². The van der Waals surface area contributed by atoms with Crippen molar-refractivity contribution in [3.8, 4) is 11.8 Å². The minimum absolute atomic E-state index is 0.265. The molecule has 0 aromatic heterocycles. The number of hydrogen-bond donors (Lipinski definition) is 0. The van der Waals surface area contributed by atoms with E-state index in [1.807, 2.05) is 6.92 Å². The van der Waals surface area contributed by atoms with Crippen LogP contribution in [0.2, 0.25) is 0 Å². The third-order valence-electron chi connectivity index (χ3n) is 0.998. The summed E-state index contributed by atoms with van der Waals surface area (Å²) in [6, 6.07) is 0. The van der Waals surface area contributed by atoms with Crippen molar-refractivity contribution in [2.75, 3.05) is 6.61 Å². The summed E-state index contributed by atoms with van der Waals surface area (Å²) < 4.78 is 4.68. The van der Waals surface area contributed by atoms with E-state index >= 15 is 0 Å². The van der Waals surface area contributed by atoms with Crippen LogP contribution in [0.25, 0.3) is 0 Å². The fourth-order valence-corrected chi connectivity index (χ4v) is 0.532. The van der Waals surface area contributed by atoms with Gasteiger partial charge in [0, 0.05) is 6.92 Å². The van der Waals surface area contributed by atoms with E-state index in [0.717, 1.165) is 5.57 Å². The van der Waals surface area contributed by atoms with Crippen LogP contribution in [0.1, 0.15) is 20.8 Å². The highest BCUT2D eigenvalue weighted by Gasteiger charge is 1.87. The summed E-state index contributed by atoms with van der Waals surface area (Å²) >= 11 is 0. The molecule has 0 aromatic carbocycles. The Bertz CT molecular complexity index is 215. The van der Waals surface area contributed by atoms with E-state index in [9.17, 15) is 4.79 Å². The van der Waals surface area contributed by atoms with Gasteiger partial charge in [0.15, 0.2) is 0 Å². The first kappa shape index (κ1) is 9.77. The Balaban J connectivity index is 3.71. The summed E-state index contributed by atoms with van der Waals surface area (Å²) in [6.07, 6.45) is 1.78. The normalized spacial score (nSPS) is 9.91. The predicted octanol–water partition coefficient (Wildman–Crippen LogP) is 1.52. The summed E-state index contributed by atoms with van der Waals surface area (Å²) in [6.45, 7) is 5.34. The zero-order chi connectivity index (χ0) is 8.69. The van der Waals surface area contributed by atoms with E-state index in [1.165, 1.54) is 6.92 Å². The molecular weight excluding hydrogens is 140 g/mol. The van der Waals surface area contributed by atoms with Crippen molar-refractivity contribution in [1.29, 1.82) is 0 Å². The van der Waals surface area contributed by atoms with Crippen molar-refractivity contribution in [1.82, 2.24) is 0 Å². The zero-order valence-corrected chi connectivity index (χ0v) is 7.10. The van der Waals surface area contributed by atoms with Crippen LogP contribution in [0.4, 0.5) is 0 Å². The highest BCUT2D eigenvalue weighted by Crippen LogP contribution is 1.89. The second-order valence-electron chi connectivity index (χ2n) is 2.06. The molecule has 2 nitrogen and oxygen atoms in total. The number of carbonyl (C=O) groups excluding carboxylic acids is 1. The van der Waals surface area contributed by atoms with E-state index in [2.05, 4.69) is 16.6 Å². The van der Waals surface area contributed by atoms with Gasteiger partial charge in [-0.25, -0.2) is 0 Å². The highest BCUT2D eigenvalue weighted by molar-refractivity contribution is 5.66. The van der Waals surface area contributed by atoms with Crippen LogP contribution in [-0.4, -0.2) is 12.6 Å². The Morgan fingerprint density at radius 2 is 2.18 bits per heavy atom. The standard InChI is InChI=1S/C9H12O2/c1-4-5-8(2)6-7-11-9(3)10/h6H,7H2,1-3H3/b8-6-. The molecule has 11 heavy (non-hydrogen) atoms. The molecule has 0 unspecified atom stereocenters. The second kappa shape index (κ2) is 5.55. The maximum atomic E-state index is 10.3. The van der Waals surface area contributed by atoms with Gasteiger partial charge in [-0.05, 0) is 25.5 Å². The molecule has 0 amide bonds. The lowest BCUT2D eigenvalue weighted by molar-refractivity contribution is -0.139. The molecular formula is C9H12O2. The molecule has 0 aliphatic carbocycles. The van der Waals surface area contributed by atoms with Gasteiger partial charge in [0.05, 0.1) is 0 Å². The summed E-state index contributed by atoms with van der Waals surface area (Å²) in [5.41, 5.74) is 0.925. The first-order chi connectivity index (χ1) is 5.16. The molecule has 0 saturated heterocycles. The van der Waals surface area contributed by atoms with E-state index in [4.69, 9.17) is 0 Å². The molecule has 0 saturated carbocycles. The monoisotopic (exact) mass is 152 g/mol. The molecule has 0 aliphatic heterocycles. The Labute approximate surface area is 67.2 Å². The van der Waals surface area contributed by atoms with Gasteiger partial charge in [0.1, 0.15) is 6.61 Å². The fourth-order valence-electron chi connectivity index (χ4n) is 0.532. The van der Waals surface area contributed by atoms with Crippen LogP contribution >= 0.6 is 0 Å². The fraction of sp³-hybridized carbons (Fsp3) is 0.444. The Hall–Kier alpha value is -1.23. The van der Waals surface area contributed by atoms with Crippen molar-refractivity contribution in [3.05, 3.63) is 11.6 Å². The smallest absolute Gasteiger partial charge is 0.302 e. The first-order valence-electron chi connectivity index (χ1n) is 3.39. The van der Waals surface area contributed by atoms with Crippen LogP contribution in [0.15, 0.2) is 11.6 Å². The molecule has 0 N–H and O–H groups in total. The van der Waals surface area contributed by atoms with Crippen LogP contribution in [0.3, 0.4) is 0 Å². The quantitative estimate of drug-likeness (QED) is 0.443. The van der Waals surface area contributed by atoms with Crippen molar-refractivity contribution >= 4 is 5.97 Å². The summed E-state index contributed by atoms with van der Waals surface area (Å²) in [4.78, 5) is 10.3. The van der Waals surface area contributed by atoms with E-state index in [0.29, 0.717) is 6.61 Å². The van der Waals surface area contributed by atoms with Crippen molar-refractivity contribution in [3.63, 3.8) is 0 Å². The maximum absolute atomic E-state index is 10.3. The lowest BCUT2D eigenvalue weighted by atomic mass is 10.3. The maximum Gasteiger partial charge on any atom is 0.302 e. The van der Waals surface area contributed by atoms with Crippen LogP contribution in [0.5, 0.6) is 0 Å². The SMILES string of the molecule is CC#C/C(C)=C\COC(C)=O. The molecule has 60 valence electrons. The first-order valence-corrected chi connectivity index (χ1v) is 3.39. The average Bonchev–Trinajstić information content (AvgIpc) is 1.87. The Morgan fingerprint density at radius 3 is 2.64 bits per heavy atom. The summed E-state index contributed by atoms with van der Waals surface area (Å²) in [5, 5.41) is 0. The van der Waals surface area contributed by atoms with Gasteiger partial charge in [0.25, 0.3) is 0 Å². The van der Waals surface area contributed by atoms with Gasteiger partial charge < -0.3 is 4.74 Å². The largest absolute Gasteiger partial charge is 0.462 e. The minimum Gasteiger partial charge on any atom is -0.462 e. The topological polar surface area (TPSA) is 26.3 Å². The number of hydrogen-bond acceptors (Lipinski definition) is 2. The van der Waals surface area contributed by atoms with Crippen LogP contribution in [-0.2, 0) is 9.53 Å². The Kier molecular flexibility index (Phi) is 4.93. The molecule has 0 heterocycles. The molecule has 0 atom stereocenters. The van der Waals surface area contributed by atoms with Gasteiger partial charge in [-0.2, -0.15) is 0 Å². The van der Waals surface area contributed by atoms with Crippen molar-refractivity contribution < 1.29 is 9.53 Å². The average molecular weight is 152 g/mol. The van der Waals surface area contributed by atoms with E-state index < -0.39 is 0 Å². The third kappa shape index (κ3) is 6.66. The molecule has 0 aliphatic rings. The van der Waals surface area contributed by atoms with Gasteiger partial charge >= 0.3 is 5.97 Å². The van der Waals surface area contributed by atoms with E-state index in [-0.39, 0.29) is 5.97 Å². The number of ether oxygens (including phenoxy) is 1. The number of rotatable bonds is 2. The molecule has 0 bridgehead atoms. The number of carbonyl (C=O) groups is 1. The molecule has 0 radical (unpaired) electrons. The molecule has 0 fully saturated rings. The zero-order valence-electron chi connectivity index (χ0n) is 7.10. The van der Waals surface area contributed by atoms with Crippen LogP contribution in [0, 0.1) is 11.8 Å². The predicted molar refractivity (Wildman–Crippen MR) is 43.8 cm³/mol. The van der Waals surface area contributed by atoms with Gasteiger partial charge in [0.2, 0.25) is 0 Å². The molecule has 0 spiro atoms.